The summed E-state index contributed by atoms with van der Waals surface area (Å²) in [6.45, 7) is 3.41. The number of amides is 1. The van der Waals surface area contributed by atoms with Crippen LogP contribution in [0, 0.1) is 0 Å². The molecule has 44 heavy (non-hydrogen) atoms. The standard InChI is InChI=1S/C31H39N9O4/c1-42-23-11-8-20(9-12-23)19-40-29-26(27(38-40)30(41)37-32)28(33-21-6-4-3-5-7-21)35-31(36-29)34-24-13-10-22(18-25(24)43-2)39-14-16-44-17-15-39/h8-13,18,21H,3-7,14-17,19,32H2,1-2H3,(H,37,41)(H2,33,34,35,36). The van der Waals surface area contributed by atoms with Crippen molar-refractivity contribution in [2.75, 3.05) is 56.1 Å². The van der Waals surface area contributed by atoms with Crippen molar-refractivity contribution in [2.45, 2.75) is 44.7 Å². The second kappa shape index (κ2) is 13.3. The van der Waals surface area contributed by atoms with Crippen LogP contribution in [-0.2, 0) is 11.3 Å². The van der Waals surface area contributed by atoms with Gasteiger partial charge in [-0.25, -0.2) is 10.5 Å². The fourth-order valence-corrected chi connectivity index (χ4v) is 5.84. The predicted octanol–water partition coefficient (Wildman–Crippen LogP) is 3.82. The highest BCUT2D eigenvalue weighted by Gasteiger charge is 2.26. The van der Waals surface area contributed by atoms with Crippen LogP contribution in [0.15, 0.2) is 42.5 Å². The number of nitrogens with zero attached hydrogens (tertiary/aromatic N) is 5. The summed E-state index contributed by atoms with van der Waals surface area (Å²) in [5, 5.41) is 12.2. The maximum absolute atomic E-state index is 13.0. The second-order valence-corrected chi connectivity index (χ2v) is 11.0. The van der Waals surface area contributed by atoms with E-state index in [9.17, 15) is 4.79 Å². The molecule has 0 bridgehead atoms. The van der Waals surface area contributed by atoms with Crippen LogP contribution in [0.4, 0.5) is 23.1 Å². The third-order valence-electron chi connectivity index (χ3n) is 8.18. The average Bonchev–Trinajstić information content (AvgIpc) is 3.44. The summed E-state index contributed by atoms with van der Waals surface area (Å²) in [5.41, 5.74) is 5.64. The molecule has 4 aromatic rings. The van der Waals surface area contributed by atoms with Crippen molar-refractivity contribution in [2.24, 2.45) is 5.84 Å². The summed E-state index contributed by atoms with van der Waals surface area (Å²) < 4.78 is 18.3. The summed E-state index contributed by atoms with van der Waals surface area (Å²) in [6.07, 6.45) is 5.52. The van der Waals surface area contributed by atoms with Gasteiger partial charge in [0, 0.05) is 30.9 Å². The molecule has 0 atom stereocenters. The van der Waals surface area contributed by atoms with Crippen molar-refractivity contribution in [3.63, 3.8) is 0 Å². The van der Waals surface area contributed by atoms with Gasteiger partial charge in [-0.3, -0.25) is 10.2 Å². The number of carbonyl (C=O) groups is 1. The Hall–Kier alpha value is -4.62. The Morgan fingerprint density at radius 2 is 1.80 bits per heavy atom. The van der Waals surface area contributed by atoms with E-state index in [1.807, 2.05) is 42.5 Å². The third kappa shape index (κ3) is 6.33. The Morgan fingerprint density at radius 3 is 2.50 bits per heavy atom. The van der Waals surface area contributed by atoms with E-state index in [1.165, 1.54) is 6.42 Å². The molecule has 5 N–H and O–H groups in total. The van der Waals surface area contributed by atoms with Crippen LogP contribution in [0.5, 0.6) is 11.5 Å². The van der Waals surface area contributed by atoms with E-state index in [1.54, 1.807) is 18.9 Å². The number of methoxy groups -OCH3 is 2. The molecular weight excluding hydrogens is 562 g/mol. The topological polar surface area (TPSA) is 154 Å². The zero-order valence-electron chi connectivity index (χ0n) is 25.1. The molecule has 1 saturated carbocycles. The number of nitrogens with two attached hydrogens (primary N) is 1. The predicted molar refractivity (Wildman–Crippen MR) is 169 cm³/mol. The quantitative estimate of drug-likeness (QED) is 0.119. The number of fused-ring (bicyclic) bond motifs is 1. The molecule has 0 radical (unpaired) electrons. The van der Waals surface area contributed by atoms with Gasteiger partial charge in [0.15, 0.2) is 11.3 Å². The molecule has 0 spiro atoms. The summed E-state index contributed by atoms with van der Waals surface area (Å²) in [6, 6.07) is 13.9. The van der Waals surface area contributed by atoms with Crippen LogP contribution in [0.25, 0.3) is 11.0 Å². The number of morpholine rings is 1. The number of hydrazine groups is 1. The smallest absolute Gasteiger partial charge is 0.286 e. The lowest BCUT2D eigenvalue weighted by atomic mass is 9.95. The maximum Gasteiger partial charge on any atom is 0.286 e. The molecule has 13 nitrogen and oxygen atoms in total. The molecule has 2 aromatic heterocycles. The number of hydrogen-bond acceptors (Lipinski definition) is 11. The maximum atomic E-state index is 13.0. The van der Waals surface area contributed by atoms with Crippen molar-refractivity contribution < 1.29 is 19.0 Å². The number of hydrogen-bond donors (Lipinski definition) is 4. The fourth-order valence-electron chi connectivity index (χ4n) is 5.84. The Bertz CT molecular complexity index is 1600. The number of anilines is 4. The van der Waals surface area contributed by atoms with Crippen molar-refractivity contribution in [3.05, 3.63) is 53.7 Å². The van der Waals surface area contributed by atoms with E-state index in [4.69, 9.17) is 30.0 Å². The normalized spacial score (nSPS) is 15.7. The molecule has 1 amide bonds. The van der Waals surface area contributed by atoms with Gasteiger partial charge in [0.25, 0.3) is 5.91 Å². The third-order valence-corrected chi connectivity index (χ3v) is 8.18. The number of ether oxygens (including phenoxy) is 3. The highest BCUT2D eigenvalue weighted by Crippen LogP contribution is 2.34. The monoisotopic (exact) mass is 601 g/mol. The molecule has 2 aliphatic rings. The lowest BCUT2D eigenvalue weighted by Crippen LogP contribution is -2.36. The highest BCUT2D eigenvalue weighted by atomic mass is 16.5. The zero-order valence-corrected chi connectivity index (χ0v) is 25.1. The number of benzene rings is 2. The molecule has 2 aromatic carbocycles. The summed E-state index contributed by atoms with van der Waals surface area (Å²) >= 11 is 0. The van der Waals surface area contributed by atoms with Crippen LogP contribution < -0.4 is 36.3 Å². The first-order valence-electron chi connectivity index (χ1n) is 15.0. The van der Waals surface area contributed by atoms with Gasteiger partial charge in [0.05, 0.1) is 45.1 Å². The minimum absolute atomic E-state index is 0.160. The molecule has 13 heteroatoms. The van der Waals surface area contributed by atoms with Gasteiger partial charge in [-0.15, -0.1) is 0 Å². The first-order valence-corrected chi connectivity index (χ1v) is 15.0. The number of nitrogens with one attached hydrogen (secondary N) is 3. The van der Waals surface area contributed by atoms with E-state index in [2.05, 4.69) is 26.1 Å². The minimum Gasteiger partial charge on any atom is -0.497 e. The van der Waals surface area contributed by atoms with E-state index in [0.717, 1.165) is 55.8 Å². The number of carbonyl (C=O) groups excluding carboxylic acids is 1. The van der Waals surface area contributed by atoms with Gasteiger partial charge in [-0.05, 0) is 42.7 Å². The second-order valence-electron chi connectivity index (χ2n) is 11.0. The number of rotatable bonds is 10. The molecule has 3 heterocycles. The van der Waals surface area contributed by atoms with Crippen molar-refractivity contribution in [1.29, 1.82) is 0 Å². The lowest BCUT2D eigenvalue weighted by Gasteiger charge is -2.29. The minimum atomic E-state index is -0.514. The number of aromatic nitrogens is 4. The first kappa shape index (κ1) is 29.5. The van der Waals surface area contributed by atoms with Gasteiger partial charge in [0.1, 0.15) is 17.3 Å². The molecule has 1 aliphatic heterocycles. The fraction of sp³-hybridized carbons (Fsp3) is 0.419. The van der Waals surface area contributed by atoms with Crippen molar-refractivity contribution >= 4 is 40.1 Å². The molecular formula is C31H39N9O4. The van der Waals surface area contributed by atoms with Crippen LogP contribution in [-0.4, -0.2) is 72.2 Å². The van der Waals surface area contributed by atoms with Crippen molar-refractivity contribution in [3.8, 4) is 11.5 Å². The van der Waals surface area contributed by atoms with Crippen LogP contribution >= 0.6 is 0 Å². The van der Waals surface area contributed by atoms with Gasteiger partial charge >= 0.3 is 0 Å². The lowest BCUT2D eigenvalue weighted by molar-refractivity contribution is 0.0949. The number of nitrogen functional groups attached to an aromatic ring is 1. The van der Waals surface area contributed by atoms with Crippen LogP contribution in [0.3, 0.4) is 0 Å². The zero-order chi connectivity index (χ0) is 30.5. The molecule has 232 valence electrons. The van der Waals surface area contributed by atoms with Gasteiger partial charge in [0.2, 0.25) is 5.95 Å². The SMILES string of the molecule is COc1ccc(Cn2nc(C(=O)NN)c3c(NC4CCCCC4)nc(Nc4ccc(N5CCOCC5)cc4OC)nc32)cc1. The van der Waals surface area contributed by atoms with Gasteiger partial charge in [-0.1, -0.05) is 31.4 Å². The van der Waals surface area contributed by atoms with E-state index in [0.29, 0.717) is 54.0 Å². The Morgan fingerprint density at radius 1 is 1.02 bits per heavy atom. The summed E-state index contributed by atoms with van der Waals surface area (Å²) in [7, 11) is 3.27. The van der Waals surface area contributed by atoms with Gasteiger partial charge < -0.3 is 29.7 Å². The molecule has 1 aliphatic carbocycles. The Balaban J connectivity index is 1.42. The largest absolute Gasteiger partial charge is 0.497 e. The molecule has 6 rings (SSSR count). The summed E-state index contributed by atoms with van der Waals surface area (Å²) in [4.78, 5) is 25.0. The van der Waals surface area contributed by atoms with Crippen LogP contribution in [0.2, 0.25) is 0 Å². The molecule has 2 fully saturated rings. The average molecular weight is 602 g/mol. The summed E-state index contributed by atoms with van der Waals surface area (Å²) in [5.74, 6) is 7.38. The highest BCUT2D eigenvalue weighted by molar-refractivity contribution is 6.08. The van der Waals surface area contributed by atoms with Gasteiger partial charge in [-0.2, -0.15) is 15.1 Å². The molecule has 1 saturated heterocycles. The van der Waals surface area contributed by atoms with Crippen molar-refractivity contribution in [1.82, 2.24) is 25.2 Å². The molecule has 0 unspecified atom stereocenters. The first-order chi connectivity index (χ1) is 21.6. The van der Waals surface area contributed by atoms with Crippen LogP contribution in [0.1, 0.15) is 48.2 Å². The Labute approximate surface area is 256 Å². The van der Waals surface area contributed by atoms with E-state index in [-0.39, 0.29) is 11.7 Å². The van der Waals surface area contributed by atoms with E-state index < -0.39 is 5.91 Å². The Kier molecular flexibility index (Phi) is 8.94. The van der Waals surface area contributed by atoms with E-state index >= 15 is 0 Å².